The van der Waals surface area contributed by atoms with Gasteiger partial charge in [-0.25, -0.2) is 0 Å². The highest BCUT2D eigenvalue weighted by molar-refractivity contribution is 6.21. The van der Waals surface area contributed by atoms with Crippen LogP contribution in [-0.4, -0.2) is 0 Å². The normalized spacial score (nSPS) is 19.8. The maximum absolute atomic E-state index is 9.43. The molecule has 0 bridgehead atoms. The molecule has 0 aliphatic carbocycles. The van der Waals surface area contributed by atoms with Crippen LogP contribution >= 0.6 is 0 Å². The van der Waals surface area contributed by atoms with Crippen LogP contribution in [0.1, 0.15) is 31.5 Å². The van der Waals surface area contributed by atoms with Gasteiger partial charge in [-0.2, -0.15) is 0 Å². The van der Waals surface area contributed by atoms with Gasteiger partial charge in [-0.05, 0) is 55.4 Å². The number of fused-ring (bicyclic) bond motifs is 5. The second kappa shape index (κ2) is 8.72. The van der Waals surface area contributed by atoms with Crippen molar-refractivity contribution in [2.45, 2.75) is 0 Å². The Balaban J connectivity index is 1.64. The van der Waals surface area contributed by atoms with E-state index >= 15 is 0 Å². The molecule has 7 aromatic carbocycles. The van der Waals surface area contributed by atoms with Crippen molar-refractivity contribution in [2.24, 2.45) is 0 Å². The molecule has 1 nitrogen and oxygen atoms in total. The van der Waals surface area contributed by atoms with Crippen LogP contribution in [0.5, 0.6) is 0 Å². The van der Waals surface area contributed by atoms with Crippen LogP contribution in [0.2, 0.25) is 0 Å². The van der Waals surface area contributed by atoms with Crippen molar-refractivity contribution in [3.8, 4) is 33.4 Å². The zero-order valence-electron chi connectivity index (χ0n) is 42.5. The minimum absolute atomic E-state index is 0.115. The molecule has 0 atom stereocenters. The van der Waals surface area contributed by atoms with E-state index in [-0.39, 0.29) is 21.9 Å². The van der Waals surface area contributed by atoms with Crippen molar-refractivity contribution in [1.82, 2.24) is 0 Å². The van der Waals surface area contributed by atoms with E-state index in [1.165, 1.54) is 0 Å². The van der Waals surface area contributed by atoms with Crippen molar-refractivity contribution in [3.05, 3.63) is 145 Å². The smallest absolute Gasteiger partial charge is 0.143 e. The van der Waals surface area contributed by atoms with Gasteiger partial charge in [0.2, 0.25) is 0 Å². The third-order valence-corrected chi connectivity index (χ3v) is 6.26. The first-order valence-corrected chi connectivity index (χ1v) is 11.5. The van der Waals surface area contributed by atoms with Crippen LogP contribution in [0.25, 0.3) is 76.9 Å². The molecule has 0 radical (unpaired) electrons. The summed E-state index contributed by atoms with van der Waals surface area (Å²) in [5.41, 5.74) is -4.68. The second-order valence-electron chi connectivity index (χ2n) is 8.34. The van der Waals surface area contributed by atoms with Crippen LogP contribution in [0.4, 0.5) is 0 Å². The summed E-state index contributed by atoms with van der Waals surface area (Å²) in [6, 6.07) is -18.2. The number of benzene rings is 7. The van der Waals surface area contributed by atoms with Gasteiger partial charge in [0.15, 0.2) is 0 Å². The molecule has 1 heterocycles. The summed E-state index contributed by atoms with van der Waals surface area (Å²) in [5.74, 6) is 0. The molecule has 0 saturated heterocycles. The Morgan fingerprint density at radius 3 is 1.49 bits per heavy atom. The molecule has 1 aromatic heterocycles. The van der Waals surface area contributed by atoms with Gasteiger partial charge in [-0.15, -0.1) is 0 Å². The predicted molar refractivity (Wildman–Crippen MR) is 165 cm³/mol. The average molecular weight is 520 g/mol. The minimum Gasteiger partial charge on any atom is -0.455 e. The number of hydrogen-bond acceptors (Lipinski definition) is 1. The quantitative estimate of drug-likeness (QED) is 0.212. The number of para-hydroxylation sites is 2. The fourth-order valence-electron chi connectivity index (χ4n) is 4.64. The van der Waals surface area contributed by atoms with Gasteiger partial charge in [0.25, 0.3) is 0 Å². The first-order chi connectivity index (χ1) is 28.9. The van der Waals surface area contributed by atoms with Crippen molar-refractivity contribution >= 4 is 43.5 Å². The minimum atomic E-state index is -0.984. The fraction of sp³-hybridized carbons (Fsp3) is 0. The summed E-state index contributed by atoms with van der Waals surface area (Å²) in [6.07, 6.45) is 0. The van der Waals surface area contributed by atoms with Gasteiger partial charge >= 0.3 is 0 Å². The lowest BCUT2D eigenvalue weighted by molar-refractivity contribution is 0.670. The van der Waals surface area contributed by atoms with E-state index in [4.69, 9.17) is 30.5 Å². The molecular weight excluding hydrogens is 472 g/mol. The van der Waals surface area contributed by atoms with Gasteiger partial charge in [0.1, 0.15) is 11.2 Å². The molecule has 0 saturated carbocycles. The van der Waals surface area contributed by atoms with Gasteiger partial charge in [0.05, 0.1) is 31.5 Å². The topological polar surface area (TPSA) is 13.1 Å². The molecule has 0 aliphatic rings. The third-order valence-electron chi connectivity index (χ3n) is 6.26. The zero-order chi connectivity index (χ0) is 45.8. The summed E-state index contributed by atoms with van der Waals surface area (Å²) < 4.78 is 208. The molecule has 182 valence electrons. The summed E-state index contributed by atoms with van der Waals surface area (Å²) in [4.78, 5) is 0. The van der Waals surface area contributed by atoms with Gasteiger partial charge in [0, 0.05) is 16.3 Å². The Bertz CT molecular complexity index is 3300. The predicted octanol–water partition coefficient (Wildman–Crippen LogP) is 10.9. The molecular formula is C38H24O. The highest BCUT2D eigenvalue weighted by atomic mass is 16.3. The van der Waals surface area contributed by atoms with Crippen LogP contribution in [0, 0.1) is 0 Å². The molecule has 0 aliphatic heterocycles. The lowest BCUT2D eigenvalue weighted by atomic mass is 9.86. The van der Waals surface area contributed by atoms with Crippen molar-refractivity contribution < 1.29 is 35.9 Å². The Kier molecular flexibility index (Phi) is 2.00. The van der Waals surface area contributed by atoms with Crippen molar-refractivity contribution in [3.63, 3.8) is 0 Å². The summed E-state index contributed by atoms with van der Waals surface area (Å²) in [7, 11) is 0. The van der Waals surface area contributed by atoms with E-state index in [9.17, 15) is 5.48 Å². The highest BCUT2D eigenvalue weighted by Crippen LogP contribution is 2.44. The summed E-state index contributed by atoms with van der Waals surface area (Å²) in [6.45, 7) is 0. The maximum atomic E-state index is 9.43. The Hall–Kier alpha value is -5.14. The van der Waals surface area contributed by atoms with E-state index in [0.717, 1.165) is 6.07 Å². The van der Waals surface area contributed by atoms with Gasteiger partial charge in [-0.3, -0.25) is 0 Å². The number of furan rings is 1. The van der Waals surface area contributed by atoms with Crippen molar-refractivity contribution in [2.75, 3.05) is 0 Å². The molecule has 0 N–H and O–H groups in total. The molecule has 8 aromatic rings. The molecule has 0 spiro atoms. The molecule has 8 rings (SSSR count). The Labute approximate surface area is 258 Å². The van der Waals surface area contributed by atoms with Crippen LogP contribution in [0.3, 0.4) is 0 Å². The molecule has 0 amide bonds. The lowest BCUT2D eigenvalue weighted by Gasteiger charge is -2.18. The molecule has 1 heteroatoms. The van der Waals surface area contributed by atoms with E-state index in [1.807, 2.05) is 0 Å². The fourth-order valence-corrected chi connectivity index (χ4v) is 4.64. The standard InChI is InChI=1S/C38H24O/c1-2-11-26(12-3-1)36-30-14-4-6-16-32(30)37(33-17-7-5-15-31(33)36)27-23-21-25(22-24-27)28-18-10-19-34-29-13-8-9-20-35(29)39-38(28)34/h1-24H/i1D,2D,3D,4D,5D,6D,7D,8D,9D,10D,11D,12D,13D,14D,15D,16D,17D,18D,20D,21D,22D,23D,24D. The first kappa shape index (κ1) is 8.97. The monoisotopic (exact) mass is 519 g/mol. The molecule has 39 heavy (non-hydrogen) atoms. The summed E-state index contributed by atoms with van der Waals surface area (Å²) >= 11 is 0. The highest BCUT2D eigenvalue weighted by Gasteiger charge is 2.17. The van der Waals surface area contributed by atoms with E-state index in [0.29, 0.717) is 0 Å². The van der Waals surface area contributed by atoms with Crippen molar-refractivity contribution in [1.29, 1.82) is 0 Å². The SMILES string of the molecule is [2H]c1cc2c(oc3c([2H])c([2H])c([2H])c([2H])c32)c(-c2c([2H])c([2H])c(-c3c4c([2H])c([2H])c([2H])c([2H])c4c(-c4c([2H])c([2H])c([2H])c([2H])c4[2H])c4c([2H])c([2H])c([2H])c([2H])c34)c([2H])c2[2H])c1[2H]. The van der Waals surface area contributed by atoms with Crippen LogP contribution in [0.15, 0.2) is 149 Å². The molecule has 0 unspecified atom stereocenters. The molecule has 0 fully saturated rings. The Morgan fingerprint density at radius 2 is 0.872 bits per heavy atom. The van der Waals surface area contributed by atoms with Gasteiger partial charge in [-0.1, -0.05) is 139 Å². The third kappa shape index (κ3) is 3.41. The van der Waals surface area contributed by atoms with E-state index in [2.05, 4.69) is 0 Å². The summed E-state index contributed by atoms with van der Waals surface area (Å²) in [5, 5.41) is -2.88. The van der Waals surface area contributed by atoms with E-state index < -0.39 is 194 Å². The van der Waals surface area contributed by atoms with Crippen LogP contribution in [-0.2, 0) is 0 Å². The zero-order valence-corrected chi connectivity index (χ0v) is 19.5. The maximum Gasteiger partial charge on any atom is 0.143 e. The lowest BCUT2D eigenvalue weighted by Crippen LogP contribution is -1.90. The second-order valence-corrected chi connectivity index (χ2v) is 8.34. The number of hydrogen-bond donors (Lipinski definition) is 0. The average Bonchev–Trinajstić information content (AvgIpc) is 3.62. The Morgan fingerprint density at radius 1 is 0.385 bits per heavy atom. The number of rotatable bonds is 3. The van der Waals surface area contributed by atoms with Gasteiger partial charge < -0.3 is 4.42 Å². The first-order valence-electron chi connectivity index (χ1n) is 23.0. The van der Waals surface area contributed by atoms with E-state index in [1.54, 1.807) is 0 Å². The van der Waals surface area contributed by atoms with Crippen LogP contribution < -0.4 is 0 Å². The largest absolute Gasteiger partial charge is 0.455 e.